The van der Waals surface area contributed by atoms with E-state index in [1.54, 1.807) is 6.92 Å². The van der Waals surface area contributed by atoms with Gasteiger partial charge in [0.05, 0.1) is 11.8 Å². The van der Waals surface area contributed by atoms with Gasteiger partial charge in [-0.2, -0.15) is 0 Å². The number of aryl methyl sites for hydroxylation is 2. The Morgan fingerprint density at radius 2 is 1.73 bits per heavy atom. The normalized spacial score (nSPS) is 11.7. The first-order chi connectivity index (χ1) is 12.3. The predicted molar refractivity (Wildman–Crippen MR) is 99.2 cm³/mol. The average Bonchev–Trinajstić information content (AvgIpc) is 2.59. The van der Waals surface area contributed by atoms with Gasteiger partial charge in [-0.15, -0.1) is 11.8 Å². The van der Waals surface area contributed by atoms with E-state index in [4.69, 9.17) is 0 Å². The zero-order valence-corrected chi connectivity index (χ0v) is 15.5. The number of rotatable bonds is 6. The quantitative estimate of drug-likeness (QED) is 0.752. The summed E-state index contributed by atoms with van der Waals surface area (Å²) in [6.45, 7) is 5.24. The highest BCUT2D eigenvalue weighted by Gasteiger charge is 2.16. The molecule has 0 aromatic heterocycles. The van der Waals surface area contributed by atoms with Crippen LogP contribution in [0, 0.1) is 25.5 Å². The van der Waals surface area contributed by atoms with Crippen molar-refractivity contribution >= 4 is 29.3 Å². The number of nitrogens with one attached hydrogen (secondary N) is 2. The van der Waals surface area contributed by atoms with Crippen LogP contribution in [0.3, 0.4) is 0 Å². The molecule has 26 heavy (non-hydrogen) atoms. The van der Waals surface area contributed by atoms with Crippen LogP contribution in [0.5, 0.6) is 0 Å². The molecule has 0 saturated heterocycles. The first-order valence-corrected chi connectivity index (χ1v) is 8.91. The lowest BCUT2D eigenvalue weighted by Gasteiger charge is -2.14. The number of benzene rings is 2. The summed E-state index contributed by atoms with van der Waals surface area (Å²) in [5.41, 5.74) is 2.61. The third kappa shape index (κ3) is 5.29. The summed E-state index contributed by atoms with van der Waals surface area (Å²) in [7, 11) is 0. The van der Waals surface area contributed by atoms with Gasteiger partial charge in [0.2, 0.25) is 11.8 Å². The molecule has 0 radical (unpaired) electrons. The van der Waals surface area contributed by atoms with Crippen LogP contribution in [0.1, 0.15) is 18.1 Å². The van der Waals surface area contributed by atoms with Crippen molar-refractivity contribution < 1.29 is 18.4 Å². The van der Waals surface area contributed by atoms with Gasteiger partial charge in [0.25, 0.3) is 0 Å². The van der Waals surface area contributed by atoms with Crippen molar-refractivity contribution in [3.05, 3.63) is 59.2 Å². The molecular formula is C19H20F2N2O2S. The number of halogens is 2. The van der Waals surface area contributed by atoms with Gasteiger partial charge >= 0.3 is 0 Å². The zero-order valence-electron chi connectivity index (χ0n) is 14.7. The number of thioether (sulfide) groups is 1. The Morgan fingerprint density at radius 3 is 2.35 bits per heavy atom. The SMILES string of the molecule is Cc1cccc(C)c1NC(=O)CNC(=O)C(C)Sc1ccc(F)c(F)c1. The maximum Gasteiger partial charge on any atom is 0.243 e. The van der Waals surface area contributed by atoms with Crippen LogP contribution < -0.4 is 10.6 Å². The number of hydrogen-bond acceptors (Lipinski definition) is 3. The summed E-state index contributed by atoms with van der Waals surface area (Å²) in [5.74, 6) is -2.60. The molecule has 2 aromatic carbocycles. The molecule has 0 aliphatic heterocycles. The van der Waals surface area contributed by atoms with Crippen molar-refractivity contribution in [2.75, 3.05) is 11.9 Å². The van der Waals surface area contributed by atoms with Crippen LogP contribution in [-0.2, 0) is 9.59 Å². The summed E-state index contributed by atoms with van der Waals surface area (Å²) in [6, 6.07) is 9.14. The first-order valence-electron chi connectivity index (χ1n) is 8.03. The van der Waals surface area contributed by atoms with Crippen LogP contribution in [0.2, 0.25) is 0 Å². The first kappa shape index (κ1) is 19.9. The van der Waals surface area contributed by atoms with E-state index in [0.29, 0.717) is 4.90 Å². The minimum absolute atomic E-state index is 0.171. The third-order valence-electron chi connectivity index (χ3n) is 3.74. The van der Waals surface area contributed by atoms with E-state index in [1.165, 1.54) is 6.07 Å². The lowest BCUT2D eigenvalue weighted by Crippen LogP contribution is -2.37. The van der Waals surface area contributed by atoms with Gasteiger partial charge in [0.15, 0.2) is 11.6 Å². The second-order valence-electron chi connectivity index (χ2n) is 5.87. The maximum absolute atomic E-state index is 13.2. The second kappa shape index (κ2) is 8.80. The Hall–Kier alpha value is -2.41. The summed E-state index contributed by atoms with van der Waals surface area (Å²) in [6.07, 6.45) is 0. The molecule has 0 bridgehead atoms. The minimum Gasteiger partial charge on any atom is -0.346 e. The number of anilines is 1. The van der Waals surface area contributed by atoms with Crippen LogP contribution in [0.25, 0.3) is 0 Å². The molecule has 0 spiro atoms. The molecule has 2 rings (SSSR count). The van der Waals surface area contributed by atoms with E-state index < -0.39 is 16.9 Å². The van der Waals surface area contributed by atoms with Crippen molar-refractivity contribution in [2.45, 2.75) is 30.9 Å². The van der Waals surface area contributed by atoms with E-state index in [9.17, 15) is 18.4 Å². The van der Waals surface area contributed by atoms with Crippen LogP contribution in [0.15, 0.2) is 41.3 Å². The fraction of sp³-hybridized carbons (Fsp3) is 0.263. The number of carbonyl (C=O) groups excluding carboxylic acids is 2. The number of carbonyl (C=O) groups is 2. The Balaban J connectivity index is 1.87. The van der Waals surface area contributed by atoms with Gasteiger partial charge < -0.3 is 10.6 Å². The number of amides is 2. The molecule has 2 amide bonds. The van der Waals surface area contributed by atoms with E-state index >= 15 is 0 Å². The third-order valence-corrected chi connectivity index (χ3v) is 4.84. The van der Waals surface area contributed by atoms with Crippen molar-refractivity contribution in [3.63, 3.8) is 0 Å². The smallest absolute Gasteiger partial charge is 0.243 e. The highest BCUT2D eigenvalue weighted by Crippen LogP contribution is 2.25. The van der Waals surface area contributed by atoms with E-state index in [0.717, 1.165) is 40.7 Å². The highest BCUT2D eigenvalue weighted by atomic mass is 32.2. The molecule has 0 heterocycles. The molecule has 2 N–H and O–H groups in total. The zero-order chi connectivity index (χ0) is 19.3. The molecule has 0 aliphatic carbocycles. The van der Waals surface area contributed by atoms with Gasteiger partial charge in [0.1, 0.15) is 0 Å². The van der Waals surface area contributed by atoms with Crippen LogP contribution >= 0.6 is 11.8 Å². The largest absolute Gasteiger partial charge is 0.346 e. The minimum atomic E-state index is -0.962. The summed E-state index contributed by atoms with van der Waals surface area (Å²) >= 11 is 1.08. The molecule has 0 saturated carbocycles. The number of para-hydroxylation sites is 1. The molecule has 0 fully saturated rings. The molecule has 7 heteroatoms. The molecule has 138 valence electrons. The van der Waals surface area contributed by atoms with Crippen molar-refractivity contribution in [2.24, 2.45) is 0 Å². The fourth-order valence-electron chi connectivity index (χ4n) is 2.31. The van der Waals surface area contributed by atoms with Crippen molar-refractivity contribution in [1.82, 2.24) is 5.32 Å². The number of hydrogen-bond donors (Lipinski definition) is 2. The lowest BCUT2D eigenvalue weighted by molar-refractivity contribution is -0.123. The maximum atomic E-state index is 13.2. The van der Waals surface area contributed by atoms with Crippen molar-refractivity contribution in [1.29, 1.82) is 0 Å². The monoisotopic (exact) mass is 378 g/mol. The van der Waals surface area contributed by atoms with Crippen molar-refractivity contribution in [3.8, 4) is 0 Å². The molecular weight excluding hydrogens is 358 g/mol. The van der Waals surface area contributed by atoms with Gasteiger partial charge in [-0.3, -0.25) is 9.59 Å². The summed E-state index contributed by atoms with van der Waals surface area (Å²) < 4.78 is 26.1. The molecule has 4 nitrogen and oxygen atoms in total. The van der Waals surface area contributed by atoms with Gasteiger partial charge in [-0.1, -0.05) is 18.2 Å². The van der Waals surface area contributed by atoms with Crippen LogP contribution in [0.4, 0.5) is 14.5 Å². The standard InChI is InChI=1S/C19H20F2N2O2S/c1-11-5-4-6-12(2)18(11)23-17(24)10-22-19(25)13(3)26-14-7-8-15(20)16(21)9-14/h4-9,13H,10H2,1-3H3,(H,22,25)(H,23,24). The molecule has 0 aliphatic rings. The topological polar surface area (TPSA) is 58.2 Å². The average molecular weight is 378 g/mol. The predicted octanol–water partition coefficient (Wildman–Crippen LogP) is 3.82. The molecule has 1 atom stereocenters. The Kier molecular flexibility index (Phi) is 6.74. The highest BCUT2D eigenvalue weighted by molar-refractivity contribution is 8.00. The molecule has 2 aromatic rings. The second-order valence-corrected chi connectivity index (χ2v) is 7.28. The molecule has 1 unspecified atom stereocenters. The summed E-state index contributed by atoms with van der Waals surface area (Å²) in [4.78, 5) is 24.6. The Morgan fingerprint density at radius 1 is 1.08 bits per heavy atom. The lowest BCUT2D eigenvalue weighted by atomic mass is 10.1. The van der Waals surface area contributed by atoms with Gasteiger partial charge in [-0.25, -0.2) is 8.78 Å². The van der Waals surface area contributed by atoms with E-state index in [-0.39, 0.29) is 18.4 Å². The van der Waals surface area contributed by atoms with E-state index in [2.05, 4.69) is 10.6 Å². The van der Waals surface area contributed by atoms with Gasteiger partial charge in [-0.05, 0) is 50.1 Å². The Bertz CT molecular complexity index is 807. The fourth-order valence-corrected chi connectivity index (χ4v) is 3.23. The summed E-state index contributed by atoms with van der Waals surface area (Å²) in [5, 5.41) is 4.77. The van der Waals surface area contributed by atoms with Gasteiger partial charge in [0, 0.05) is 10.6 Å². The Labute approximate surface area is 155 Å². The van der Waals surface area contributed by atoms with E-state index in [1.807, 2.05) is 32.0 Å². The van der Waals surface area contributed by atoms with Crippen LogP contribution in [-0.4, -0.2) is 23.6 Å².